The van der Waals surface area contributed by atoms with E-state index in [1.54, 1.807) is 0 Å². The van der Waals surface area contributed by atoms with Gasteiger partial charge in [-0.25, -0.2) is 0 Å². The molecule has 1 aliphatic carbocycles. The molecule has 1 N–H and O–H groups in total. The number of aliphatic imine (C=N–C) groups is 1. The minimum Gasteiger partial charge on any atom is -0.360 e. The van der Waals surface area contributed by atoms with Crippen molar-refractivity contribution < 1.29 is 0 Å². The van der Waals surface area contributed by atoms with Gasteiger partial charge in [0.2, 0.25) is 0 Å². The highest BCUT2D eigenvalue weighted by Crippen LogP contribution is 2.63. The van der Waals surface area contributed by atoms with Crippen LogP contribution in [-0.4, -0.2) is 5.71 Å². The van der Waals surface area contributed by atoms with E-state index in [9.17, 15) is 0 Å². The normalized spacial score (nSPS) is 16.1. The Morgan fingerprint density at radius 3 is 1.74 bits per heavy atom. The molecule has 2 heterocycles. The molecule has 1 atom stereocenters. The van der Waals surface area contributed by atoms with E-state index in [1.165, 1.54) is 55.5 Å². The number of fused-ring (bicyclic) bond motifs is 10. The highest BCUT2D eigenvalue weighted by molar-refractivity contribution is 6.14. The van der Waals surface area contributed by atoms with Gasteiger partial charge < -0.3 is 10.2 Å². The summed E-state index contributed by atoms with van der Waals surface area (Å²) in [5.74, 6) is 0. The number of benzene rings is 8. The summed E-state index contributed by atoms with van der Waals surface area (Å²) in [7, 11) is 0. The number of hydrogen-bond donors (Lipinski definition) is 1. The average Bonchev–Trinajstić information content (AvgIpc) is 3.52. The predicted molar refractivity (Wildman–Crippen MR) is 223 cm³/mol. The third-order valence-corrected chi connectivity index (χ3v) is 11.5. The second kappa shape index (κ2) is 12.0. The van der Waals surface area contributed by atoms with Crippen molar-refractivity contribution >= 4 is 39.2 Å². The zero-order chi connectivity index (χ0) is 35.6. The molecule has 0 aromatic heterocycles. The van der Waals surface area contributed by atoms with Gasteiger partial charge in [-0.1, -0.05) is 152 Å². The summed E-state index contributed by atoms with van der Waals surface area (Å²) in [5.41, 5.74) is 16.0. The number of rotatable bonds is 4. The molecule has 8 aromatic rings. The third-order valence-electron chi connectivity index (χ3n) is 11.5. The summed E-state index contributed by atoms with van der Waals surface area (Å²) in [5, 5.41) is 6.23. The fourth-order valence-corrected chi connectivity index (χ4v) is 9.12. The molecule has 3 nitrogen and oxygen atoms in total. The predicted octanol–water partition coefficient (Wildman–Crippen LogP) is 12.1. The maximum atomic E-state index is 5.41. The lowest BCUT2D eigenvalue weighted by Gasteiger charge is -2.45. The molecule has 1 unspecified atom stereocenters. The summed E-state index contributed by atoms with van der Waals surface area (Å²) in [6, 6.07) is 70.6. The van der Waals surface area contributed by atoms with Crippen molar-refractivity contribution in [1.82, 2.24) is 5.32 Å². The van der Waals surface area contributed by atoms with E-state index in [2.05, 4.69) is 210 Å². The number of nitrogens with one attached hydrogen (secondary N) is 1. The van der Waals surface area contributed by atoms with Crippen LogP contribution < -0.4 is 10.2 Å². The largest absolute Gasteiger partial charge is 0.360 e. The Morgan fingerprint density at radius 2 is 1.04 bits per heavy atom. The summed E-state index contributed by atoms with van der Waals surface area (Å²) < 4.78 is 0. The van der Waals surface area contributed by atoms with Gasteiger partial charge in [0, 0.05) is 16.9 Å². The molecule has 2 aliphatic heterocycles. The monoisotopic (exact) mass is 689 g/mol. The van der Waals surface area contributed by atoms with Crippen LogP contribution in [0.3, 0.4) is 0 Å². The lowest BCUT2D eigenvalue weighted by Crippen LogP contribution is -2.36. The molecule has 254 valence electrons. The van der Waals surface area contributed by atoms with Gasteiger partial charge in [-0.15, -0.1) is 0 Å². The second-order valence-electron chi connectivity index (χ2n) is 14.4. The van der Waals surface area contributed by atoms with Crippen LogP contribution in [0.1, 0.15) is 45.1 Å². The molecule has 54 heavy (non-hydrogen) atoms. The molecule has 8 aromatic carbocycles. The Morgan fingerprint density at radius 1 is 0.463 bits per heavy atom. The fourth-order valence-electron chi connectivity index (χ4n) is 9.12. The van der Waals surface area contributed by atoms with Crippen LogP contribution in [0.25, 0.3) is 27.6 Å². The minimum atomic E-state index is -0.568. The average molecular weight is 690 g/mol. The summed E-state index contributed by atoms with van der Waals surface area (Å²) in [6.07, 6.45) is 2.00. The standard InChI is InChI=1S/C51H35N3/c1-4-16-34(17-5-1)46-33-47(53-50(52-46)35-18-6-2-7-19-35)38-28-29-40-41-30-36-20-10-11-21-37(36)31-45(41)51(44(40)32-38)42-24-12-14-26-48(42)54(39-22-8-3-9-23-39)49-27-15-13-25-43(49)51/h1-33,50,52H. The van der Waals surface area contributed by atoms with Crippen molar-refractivity contribution in [2.45, 2.75) is 11.6 Å². The van der Waals surface area contributed by atoms with Crippen molar-refractivity contribution in [2.24, 2.45) is 4.99 Å². The third kappa shape index (κ3) is 4.52. The van der Waals surface area contributed by atoms with E-state index in [1.807, 2.05) is 0 Å². The minimum absolute atomic E-state index is 0.221. The van der Waals surface area contributed by atoms with Crippen LogP contribution >= 0.6 is 0 Å². The topological polar surface area (TPSA) is 27.6 Å². The second-order valence-corrected chi connectivity index (χ2v) is 14.4. The molecule has 0 saturated heterocycles. The molecule has 3 aliphatic rings. The zero-order valence-electron chi connectivity index (χ0n) is 29.5. The number of nitrogens with zero attached hydrogens (tertiary/aromatic N) is 2. The number of para-hydroxylation sites is 3. The maximum absolute atomic E-state index is 5.41. The van der Waals surface area contributed by atoms with Gasteiger partial charge in [0.1, 0.15) is 6.17 Å². The van der Waals surface area contributed by atoms with Gasteiger partial charge >= 0.3 is 0 Å². The first-order valence-corrected chi connectivity index (χ1v) is 18.7. The van der Waals surface area contributed by atoms with Crippen molar-refractivity contribution in [3.8, 4) is 11.1 Å². The molecule has 3 heteroatoms. The van der Waals surface area contributed by atoms with Crippen LogP contribution in [-0.2, 0) is 5.41 Å². The molecular weight excluding hydrogens is 655 g/mol. The highest BCUT2D eigenvalue weighted by Gasteiger charge is 2.52. The Kier molecular flexibility index (Phi) is 6.83. The van der Waals surface area contributed by atoms with Gasteiger partial charge in [-0.3, -0.25) is 4.99 Å². The fraction of sp³-hybridized carbons (Fsp3) is 0.0392. The number of anilines is 3. The molecule has 0 fully saturated rings. The first-order chi connectivity index (χ1) is 26.8. The lowest BCUT2D eigenvalue weighted by atomic mass is 9.64. The van der Waals surface area contributed by atoms with Gasteiger partial charge in [0.25, 0.3) is 0 Å². The summed E-state index contributed by atoms with van der Waals surface area (Å²) in [6.45, 7) is 0. The van der Waals surface area contributed by atoms with Crippen molar-refractivity contribution in [1.29, 1.82) is 0 Å². The Balaban J connectivity index is 1.20. The van der Waals surface area contributed by atoms with E-state index >= 15 is 0 Å². The van der Waals surface area contributed by atoms with E-state index in [-0.39, 0.29) is 6.17 Å². The van der Waals surface area contributed by atoms with Crippen molar-refractivity contribution in [3.05, 3.63) is 239 Å². The van der Waals surface area contributed by atoms with E-state index in [4.69, 9.17) is 4.99 Å². The first-order valence-electron chi connectivity index (χ1n) is 18.7. The van der Waals surface area contributed by atoms with Gasteiger partial charge in [-0.2, -0.15) is 0 Å². The van der Waals surface area contributed by atoms with Crippen LogP contribution in [0.4, 0.5) is 17.1 Å². The Hall–Kier alpha value is -6.97. The van der Waals surface area contributed by atoms with E-state index in [0.29, 0.717) is 0 Å². The Labute approximate surface area is 315 Å². The number of hydrogen-bond acceptors (Lipinski definition) is 3. The molecule has 0 bridgehead atoms. The van der Waals surface area contributed by atoms with E-state index < -0.39 is 5.41 Å². The zero-order valence-corrected chi connectivity index (χ0v) is 29.5. The smallest absolute Gasteiger partial charge is 0.145 e. The summed E-state index contributed by atoms with van der Waals surface area (Å²) >= 11 is 0. The molecular formula is C51H35N3. The van der Waals surface area contributed by atoms with Crippen molar-refractivity contribution in [2.75, 3.05) is 4.90 Å². The molecule has 0 radical (unpaired) electrons. The SMILES string of the molecule is C1=C(c2ccccc2)NC(c2ccccc2)N=C1c1ccc2c(c1)C1(c3cc4ccccc4cc3-2)c2ccccc2N(c2ccccc2)c2ccccc21. The van der Waals surface area contributed by atoms with Crippen LogP contribution in [0.5, 0.6) is 0 Å². The molecule has 1 spiro atoms. The van der Waals surface area contributed by atoms with Crippen LogP contribution in [0, 0.1) is 0 Å². The Bertz CT molecular complexity index is 2750. The summed E-state index contributed by atoms with van der Waals surface area (Å²) in [4.78, 5) is 7.85. The molecule has 11 rings (SSSR count). The first kappa shape index (κ1) is 30.6. The molecule has 0 amide bonds. The van der Waals surface area contributed by atoms with Gasteiger partial charge in [0.05, 0.1) is 22.5 Å². The quantitative estimate of drug-likeness (QED) is 0.199. The van der Waals surface area contributed by atoms with Gasteiger partial charge in [-0.05, 0) is 104 Å². The van der Waals surface area contributed by atoms with E-state index in [0.717, 1.165) is 33.8 Å². The van der Waals surface area contributed by atoms with Crippen molar-refractivity contribution in [3.63, 3.8) is 0 Å². The number of allylic oxidation sites excluding steroid dienone is 1. The maximum Gasteiger partial charge on any atom is 0.145 e. The van der Waals surface area contributed by atoms with Crippen LogP contribution in [0.2, 0.25) is 0 Å². The highest BCUT2D eigenvalue weighted by atomic mass is 15.2. The molecule has 0 saturated carbocycles. The van der Waals surface area contributed by atoms with Gasteiger partial charge in [0.15, 0.2) is 0 Å². The lowest BCUT2D eigenvalue weighted by molar-refractivity contribution is 0.664. The van der Waals surface area contributed by atoms with Crippen LogP contribution in [0.15, 0.2) is 205 Å².